The molecule has 0 aromatic heterocycles. The van der Waals surface area contributed by atoms with Crippen LogP contribution < -0.4 is 0 Å². The van der Waals surface area contributed by atoms with Crippen LogP contribution in [0.2, 0.25) is 0 Å². The highest BCUT2D eigenvalue weighted by Gasteiger charge is 2.25. The van der Waals surface area contributed by atoms with Gasteiger partial charge in [-0.15, -0.1) is 11.8 Å². The molecule has 0 spiro atoms. The van der Waals surface area contributed by atoms with E-state index in [0.717, 1.165) is 32.8 Å². The van der Waals surface area contributed by atoms with Crippen molar-refractivity contribution in [2.45, 2.75) is 12.2 Å². The topological polar surface area (TPSA) is 38.8 Å². The Bertz CT molecular complexity index is 287. The summed E-state index contributed by atoms with van der Waals surface area (Å²) in [5.74, 6) is 0.651. The number of hydrogen-bond donors (Lipinski definition) is 0. The molecule has 2 heterocycles. The lowest BCUT2D eigenvalue weighted by atomic mass is 10.3. The first-order valence-corrected chi connectivity index (χ1v) is 6.54. The first-order chi connectivity index (χ1) is 7.77. The van der Waals surface area contributed by atoms with Crippen molar-refractivity contribution in [3.8, 4) is 0 Å². The lowest BCUT2D eigenvalue weighted by Crippen LogP contribution is -2.38. The van der Waals surface area contributed by atoms with Crippen molar-refractivity contribution >= 4 is 17.5 Å². The van der Waals surface area contributed by atoms with Crippen LogP contribution in [0.5, 0.6) is 0 Å². The molecule has 0 amide bonds. The van der Waals surface area contributed by atoms with Crippen LogP contribution in [-0.4, -0.2) is 55.4 Å². The second-order valence-corrected chi connectivity index (χ2v) is 5.14. The van der Waals surface area contributed by atoms with Crippen molar-refractivity contribution in [3.63, 3.8) is 0 Å². The minimum Gasteiger partial charge on any atom is -0.488 e. The summed E-state index contributed by atoms with van der Waals surface area (Å²) in [4.78, 5) is 13.8. The third-order valence-corrected chi connectivity index (χ3v) is 3.73. The van der Waals surface area contributed by atoms with Crippen LogP contribution in [-0.2, 0) is 14.3 Å². The van der Waals surface area contributed by atoms with Crippen LogP contribution in [0.3, 0.4) is 0 Å². The fraction of sp³-hybridized carbons (Fsp3) is 0.727. The fourth-order valence-corrected chi connectivity index (χ4v) is 2.45. The first kappa shape index (κ1) is 12.0. The number of ketones is 1. The fourth-order valence-electron chi connectivity index (χ4n) is 1.70. The summed E-state index contributed by atoms with van der Waals surface area (Å²) in [6.07, 6.45) is 0. The summed E-state index contributed by atoms with van der Waals surface area (Å²) in [5.41, 5.74) is 0. The molecule has 1 atom stereocenters. The average Bonchev–Trinajstić information content (AvgIpc) is 2.62. The van der Waals surface area contributed by atoms with Crippen LogP contribution >= 0.6 is 11.8 Å². The van der Waals surface area contributed by atoms with Gasteiger partial charge in [0.2, 0.25) is 5.78 Å². The van der Waals surface area contributed by atoms with Crippen molar-refractivity contribution < 1.29 is 14.3 Å². The van der Waals surface area contributed by atoms with Crippen LogP contribution in [0.1, 0.15) is 6.92 Å². The Morgan fingerprint density at radius 2 is 2.31 bits per heavy atom. The Kier molecular flexibility index (Phi) is 4.26. The van der Waals surface area contributed by atoms with Gasteiger partial charge in [0.05, 0.1) is 18.5 Å². The Morgan fingerprint density at radius 1 is 1.56 bits per heavy atom. The molecule has 4 nitrogen and oxygen atoms in total. The molecule has 0 aromatic carbocycles. The first-order valence-electron chi connectivity index (χ1n) is 5.60. The number of Topliss-reactive ketones (excluding diaryl/α,β-unsaturated/α-hetero) is 1. The molecule has 1 saturated heterocycles. The molecule has 1 fully saturated rings. The molecule has 0 bridgehead atoms. The summed E-state index contributed by atoms with van der Waals surface area (Å²) >= 11 is 1.53. The maximum atomic E-state index is 11.5. The highest BCUT2D eigenvalue weighted by Crippen LogP contribution is 2.26. The Hall–Kier alpha value is -0.520. The van der Waals surface area contributed by atoms with Crippen LogP contribution in [0.25, 0.3) is 0 Å². The van der Waals surface area contributed by atoms with E-state index in [4.69, 9.17) is 9.47 Å². The van der Waals surface area contributed by atoms with Gasteiger partial charge in [-0.2, -0.15) is 0 Å². The number of carbonyl (C=O) groups is 1. The number of thioether (sulfide) groups is 1. The monoisotopic (exact) mass is 243 g/mol. The predicted molar refractivity (Wildman–Crippen MR) is 63.4 cm³/mol. The molecular weight excluding hydrogens is 226 g/mol. The molecule has 16 heavy (non-hydrogen) atoms. The van der Waals surface area contributed by atoms with Crippen molar-refractivity contribution in [3.05, 3.63) is 11.2 Å². The molecule has 0 saturated carbocycles. The second-order valence-electron chi connectivity index (χ2n) is 3.93. The highest BCUT2D eigenvalue weighted by molar-refractivity contribution is 8.03. The van der Waals surface area contributed by atoms with E-state index >= 15 is 0 Å². The van der Waals surface area contributed by atoms with Crippen LogP contribution in [0, 0.1) is 0 Å². The molecule has 0 N–H and O–H groups in total. The zero-order valence-electron chi connectivity index (χ0n) is 9.48. The Morgan fingerprint density at radius 3 is 2.94 bits per heavy atom. The van der Waals surface area contributed by atoms with Gasteiger partial charge >= 0.3 is 0 Å². The predicted octanol–water partition coefficient (Wildman–Crippen LogP) is 0.881. The lowest BCUT2D eigenvalue weighted by Gasteiger charge is -2.26. The van der Waals surface area contributed by atoms with Crippen molar-refractivity contribution in [2.75, 3.05) is 39.5 Å². The van der Waals surface area contributed by atoms with E-state index in [9.17, 15) is 4.79 Å². The third kappa shape index (κ3) is 2.99. The summed E-state index contributed by atoms with van der Waals surface area (Å²) in [6, 6.07) is 0. The van der Waals surface area contributed by atoms with Crippen LogP contribution in [0.15, 0.2) is 11.2 Å². The zero-order chi connectivity index (χ0) is 11.4. The molecule has 90 valence electrons. The van der Waals surface area contributed by atoms with E-state index in [2.05, 4.69) is 4.90 Å². The molecule has 2 aliphatic heterocycles. The number of hydrogen-bond acceptors (Lipinski definition) is 5. The van der Waals surface area contributed by atoms with Crippen molar-refractivity contribution in [1.82, 2.24) is 4.90 Å². The molecule has 2 rings (SSSR count). The lowest BCUT2D eigenvalue weighted by molar-refractivity contribution is -0.118. The second kappa shape index (κ2) is 5.70. The summed E-state index contributed by atoms with van der Waals surface area (Å²) in [6.45, 7) is 6.88. The smallest absolute Gasteiger partial charge is 0.210 e. The molecule has 0 aliphatic carbocycles. The number of morpholine rings is 1. The minimum absolute atomic E-state index is 0.0263. The van der Waals surface area contributed by atoms with Crippen molar-refractivity contribution in [2.24, 2.45) is 0 Å². The summed E-state index contributed by atoms with van der Waals surface area (Å²) < 4.78 is 10.8. The number of ether oxygens (including phenoxy) is 2. The average molecular weight is 243 g/mol. The van der Waals surface area contributed by atoms with Gasteiger partial charge in [0.15, 0.2) is 5.76 Å². The Balaban J connectivity index is 1.66. The molecule has 0 aromatic rings. The van der Waals surface area contributed by atoms with E-state index in [0.29, 0.717) is 12.4 Å². The quantitative estimate of drug-likeness (QED) is 0.733. The number of nitrogens with zero attached hydrogens (tertiary/aromatic N) is 1. The van der Waals surface area contributed by atoms with Gasteiger partial charge in [-0.25, -0.2) is 0 Å². The van der Waals surface area contributed by atoms with E-state index in [1.165, 1.54) is 11.8 Å². The molecular formula is C11H17NO3S. The van der Waals surface area contributed by atoms with E-state index < -0.39 is 0 Å². The largest absolute Gasteiger partial charge is 0.488 e. The number of allylic oxidation sites excluding steroid dienone is 1. The van der Waals surface area contributed by atoms with E-state index in [-0.39, 0.29) is 11.0 Å². The van der Waals surface area contributed by atoms with Crippen LogP contribution in [0.4, 0.5) is 0 Å². The minimum atomic E-state index is 0.0263. The van der Waals surface area contributed by atoms with E-state index in [1.807, 2.05) is 12.3 Å². The SMILES string of the molecule is CC1SC=C(OCCN2CCOCC2)C1=O. The van der Waals surface area contributed by atoms with Gasteiger partial charge in [0.25, 0.3) is 0 Å². The number of carbonyl (C=O) groups excluding carboxylic acids is 1. The van der Waals surface area contributed by atoms with Gasteiger partial charge in [-0.1, -0.05) is 0 Å². The molecule has 2 aliphatic rings. The van der Waals surface area contributed by atoms with E-state index in [1.54, 1.807) is 0 Å². The van der Waals surface area contributed by atoms with Gasteiger partial charge in [0, 0.05) is 25.0 Å². The van der Waals surface area contributed by atoms with Crippen molar-refractivity contribution in [1.29, 1.82) is 0 Å². The summed E-state index contributed by atoms with van der Waals surface area (Å²) in [7, 11) is 0. The zero-order valence-corrected chi connectivity index (χ0v) is 10.3. The number of rotatable bonds is 4. The normalized spacial score (nSPS) is 26.9. The Labute approximate surface area is 100.0 Å². The standard InChI is InChI=1S/C11H17NO3S/c1-9-11(13)10(8-16-9)15-7-4-12-2-5-14-6-3-12/h8-9H,2-7H2,1H3. The van der Waals surface area contributed by atoms with Gasteiger partial charge in [-0.3, -0.25) is 9.69 Å². The summed E-state index contributed by atoms with van der Waals surface area (Å²) in [5, 5.41) is 1.85. The maximum absolute atomic E-state index is 11.5. The third-order valence-electron chi connectivity index (χ3n) is 2.76. The van der Waals surface area contributed by atoms with Gasteiger partial charge < -0.3 is 9.47 Å². The molecule has 5 heteroatoms. The van der Waals surface area contributed by atoms with Gasteiger partial charge in [-0.05, 0) is 6.92 Å². The maximum Gasteiger partial charge on any atom is 0.210 e. The molecule has 0 radical (unpaired) electrons. The highest BCUT2D eigenvalue weighted by atomic mass is 32.2. The molecule has 1 unspecified atom stereocenters. The van der Waals surface area contributed by atoms with Gasteiger partial charge in [0.1, 0.15) is 6.61 Å².